The quantitative estimate of drug-likeness (QED) is 0.503. The number of hydrogen-bond acceptors (Lipinski definition) is 3. The first-order valence-electron chi connectivity index (χ1n) is 7.54. The van der Waals surface area contributed by atoms with Crippen LogP contribution in [0.5, 0.6) is 0 Å². The normalized spacial score (nSPS) is 16.3. The Bertz CT molecular complexity index is 233. The minimum Gasteiger partial charge on any atom is -0.382 e. The lowest BCUT2D eigenvalue weighted by molar-refractivity contribution is 0.0318. The fraction of sp³-hybridized carbons (Fsp3) is 0.929. The maximum Gasteiger partial charge on any atom is 0.166 e. The fourth-order valence-corrected chi connectivity index (χ4v) is 2.41. The Morgan fingerprint density at radius 1 is 1.11 bits per heavy atom. The van der Waals surface area contributed by atoms with E-state index in [9.17, 15) is 0 Å². The van der Waals surface area contributed by atoms with Gasteiger partial charge in [-0.25, -0.2) is 0 Å². The molecule has 0 aromatic heterocycles. The second kappa shape index (κ2) is 11.4. The SMILES string of the molecule is CCOCCCNC(=S)NCCOC1CCCCC1. The van der Waals surface area contributed by atoms with E-state index in [1.165, 1.54) is 32.1 Å². The van der Waals surface area contributed by atoms with Crippen LogP contribution in [0.4, 0.5) is 0 Å². The van der Waals surface area contributed by atoms with Gasteiger partial charge < -0.3 is 20.1 Å². The summed E-state index contributed by atoms with van der Waals surface area (Å²) >= 11 is 5.18. The van der Waals surface area contributed by atoms with Crippen LogP contribution in [0.1, 0.15) is 45.4 Å². The van der Waals surface area contributed by atoms with E-state index in [0.29, 0.717) is 11.2 Å². The first-order valence-corrected chi connectivity index (χ1v) is 7.94. The van der Waals surface area contributed by atoms with Gasteiger partial charge in [0.1, 0.15) is 0 Å². The van der Waals surface area contributed by atoms with Gasteiger partial charge in [0, 0.05) is 26.3 Å². The molecular formula is C14H28N2O2S. The maximum absolute atomic E-state index is 5.82. The van der Waals surface area contributed by atoms with Crippen LogP contribution >= 0.6 is 12.2 Å². The van der Waals surface area contributed by atoms with Crippen LogP contribution in [0.15, 0.2) is 0 Å². The molecule has 0 aliphatic heterocycles. The van der Waals surface area contributed by atoms with Gasteiger partial charge in [-0.15, -0.1) is 0 Å². The largest absolute Gasteiger partial charge is 0.382 e. The molecule has 1 rings (SSSR count). The van der Waals surface area contributed by atoms with Crippen molar-refractivity contribution in [3.05, 3.63) is 0 Å². The molecule has 0 saturated heterocycles. The Labute approximate surface area is 122 Å². The molecule has 19 heavy (non-hydrogen) atoms. The number of hydrogen-bond donors (Lipinski definition) is 2. The topological polar surface area (TPSA) is 42.5 Å². The molecule has 0 aromatic carbocycles. The molecule has 0 spiro atoms. The summed E-state index contributed by atoms with van der Waals surface area (Å²) in [4.78, 5) is 0. The van der Waals surface area contributed by atoms with Crippen molar-refractivity contribution in [3.63, 3.8) is 0 Å². The lowest BCUT2D eigenvalue weighted by atomic mass is 9.98. The Morgan fingerprint density at radius 3 is 2.58 bits per heavy atom. The highest BCUT2D eigenvalue weighted by atomic mass is 32.1. The first-order chi connectivity index (χ1) is 9.33. The number of ether oxygens (including phenoxy) is 2. The zero-order valence-electron chi connectivity index (χ0n) is 12.1. The Hall–Kier alpha value is -0.390. The fourth-order valence-electron chi connectivity index (χ4n) is 2.20. The smallest absolute Gasteiger partial charge is 0.166 e. The van der Waals surface area contributed by atoms with Crippen LogP contribution in [-0.4, -0.2) is 44.1 Å². The molecule has 1 aliphatic carbocycles. The van der Waals surface area contributed by atoms with E-state index in [-0.39, 0.29) is 0 Å². The van der Waals surface area contributed by atoms with Gasteiger partial charge in [0.15, 0.2) is 5.11 Å². The van der Waals surface area contributed by atoms with Crippen LogP contribution in [0, 0.1) is 0 Å². The van der Waals surface area contributed by atoms with Gasteiger partial charge >= 0.3 is 0 Å². The van der Waals surface area contributed by atoms with Crippen LogP contribution < -0.4 is 10.6 Å². The standard InChI is InChI=1S/C14H28N2O2S/c1-2-17-11-6-9-15-14(19)16-10-12-18-13-7-4-3-5-8-13/h13H,2-12H2,1H3,(H2,15,16,19). The third kappa shape index (κ3) is 9.19. The zero-order chi connectivity index (χ0) is 13.8. The molecule has 112 valence electrons. The van der Waals surface area contributed by atoms with Crippen LogP contribution in [0.25, 0.3) is 0 Å². The summed E-state index contributed by atoms with van der Waals surface area (Å²) in [6.07, 6.45) is 7.90. The van der Waals surface area contributed by atoms with Crippen LogP contribution in [-0.2, 0) is 9.47 Å². The molecular weight excluding hydrogens is 260 g/mol. The third-order valence-corrected chi connectivity index (χ3v) is 3.54. The van der Waals surface area contributed by atoms with Gasteiger partial charge in [0.25, 0.3) is 0 Å². The van der Waals surface area contributed by atoms with Crippen LogP contribution in [0.3, 0.4) is 0 Å². The lowest BCUT2D eigenvalue weighted by Gasteiger charge is -2.22. The molecule has 1 fully saturated rings. The van der Waals surface area contributed by atoms with E-state index in [1.807, 2.05) is 6.92 Å². The third-order valence-electron chi connectivity index (χ3n) is 3.25. The lowest BCUT2D eigenvalue weighted by Crippen LogP contribution is -2.38. The second-order valence-corrected chi connectivity index (χ2v) is 5.27. The van der Waals surface area contributed by atoms with E-state index >= 15 is 0 Å². The Kier molecular flexibility index (Phi) is 10.0. The predicted molar refractivity (Wildman–Crippen MR) is 82.5 cm³/mol. The average molecular weight is 288 g/mol. The van der Waals surface area contributed by atoms with Crippen molar-refractivity contribution in [1.29, 1.82) is 0 Å². The number of nitrogens with one attached hydrogen (secondary N) is 2. The maximum atomic E-state index is 5.82. The van der Waals surface area contributed by atoms with E-state index in [1.54, 1.807) is 0 Å². The molecule has 0 radical (unpaired) electrons. The summed E-state index contributed by atoms with van der Waals surface area (Å²) < 4.78 is 11.1. The van der Waals surface area contributed by atoms with Crippen LogP contribution in [0.2, 0.25) is 0 Å². The highest BCUT2D eigenvalue weighted by Crippen LogP contribution is 2.19. The van der Waals surface area contributed by atoms with Gasteiger partial charge in [-0.05, 0) is 38.4 Å². The van der Waals surface area contributed by atoms with Crippen molar-refractivity contribution >= 4 is 17.3 Å². The van der Waals surface area contributed by atoms with Crippen molar-refractivity contribution in [2.45, 2.75) is 51.6 Å². The predicted octanol–water partition coefficient (Wildman–Crippen LogP) is 2.23. The van der Waals surface area contributed by atoms with Gasteiger partial charge in [-0.2, -0.15) is 0 Å². The molecule has 2 N–H and O–H groups in total. The van der Waals surface area contributed by atoms with Gasteiger partial charge in [0.05, 0.1) is 12.7 Å². The molecule has 0 bridgehead atoms. The molecule has 0 heterocycles. The number of rotatable bonds is 9. The summed E-state index contributed by atoms with van der Waals surface area (Å²) in [5.41, 5.74) is 0. The second-order valence-electron chi connectivity index (χ2n) is 4.86. The summed E-state index contributed by atoms with van der Waals surface area (Å²) in [6.45, 7) is 5.96. The van der Waals surface area contributed by atoms with E-state index in [2.05, 4.69) is 10.6 Å². The summed E-state index contributed by atoms with van der Waals surface area (Å²) in [5.74, 6) is 0. The van der Waals surface area contributed by atoms with Crippen molar-refractivity contribution in [2.75, 3.05) is 32.9 Å². The summed E-state index contributed by atoms with van der Waals surface area (Å²) in [6, 6.07) is 0. The molecule has 1 saturated carbocycles. The van der Waals surface area contributed by atoms with E-state index < -0.39 is 0 Å². The highest BCUT2D eigenvalue weighted by molar-refractivity contribution is 7.80. The van der Waals surface area contributed by atoms with E-state index in [4.69, 9.17) is 21.7 Å². The molecule has 4 nitrogen and oxygen atoms in total. The molecule has 0 amide bonds. The van der Waals surface area contributed by atoms with Crippen molar-refractivity contribution < 1.29 is 9.47 Å². The van der Waals surface area contributed by atoms with Crippen molar-refractivity contribution in [2.24, 2.45) is 0 Å². The van der Waals surface area contributed by atoms with Crippen molar-refractivity contribution in [3.8, 4) is 0 Å². The average Bonchev–Trinajstić information content (AvgIpc) is 2.44. The zero-order valence-corrected chi connectivity index (χ0v) is 12.9. The molecule has 0 atom stereocenters. The summed E-state index contributed by atoms with van der Waals surface area (Å²) in [5, 5.41) is 7.04. The van der Waals surface area contributed by atoms with Gasteiger partial charge in [-0.1, -0.05) is 19.3 Å². The molecule has 0 unspecified atom stereocenters. The monoisotopic (exact) mass is 288 g/mol. The minimum atomic E-state index is 0.475. The molecule has 0 aromatic rings. The number of thiocarbonyl (C=S) groups is 1. The van der Waals surface area contributed by atoms with E-state index in [0.717, 1.165) is 39.3 Å². The summed E-state index contributed by atoms with van der Waals surface area (Å²) in [7, 11) is 0. The highest BCUT2D eigenvalue weighted by Gasteiger charge is 2.12. The molecule has 1 aliphatic rings. The van der Waals surface area contributed by atoms with Gasteiger partial charge in [-0.3, -0.25) is 0 Å². The molecule has 5 heteroatoms. The Morgan fingerprint density at radius 2 is 1.84 bits per heavy atom. The van der Waals surface area contributed by atoms with Crippen molar-refractivity contribution in [1.82, 2.24) is 10.6 Å². The Balaban J connectivity index is 1.86. The van der Waals surface area contributed by atoms with Gasteiger partial charge in [0.2, 0.25) is 0 Å². The minimum absolute atomic E-state index is 0.475. The first kappa shape index (κ1) is 16.7.